The first-order chi connectivity index (χ1) is 23.8. The van der Waals surface area contributed by atoms with Gasteiger partial charge in [-0.2, -0.15) is 0 Å². The average molecular weight is 700 g/mol. The van der Waals surface area contributed by atoms with Gasteiger partial charge in [0, 0.05) is 47.6 Å². The fraction of sp³-hybridized carbons (Fsp3) is 0.395. The lowest BCUT2D eigenvalue weighted by Crippen LogP contribution is -2.39. The maximum absolute atomic E-state index is 13.4. The van der Waals surface area contributed by atoms with Gasteiger partial charge < -0.3 is 45.1 Å². The molecule has 0 aliphatic carbocycles. The van der Waals surface area contributed by atoms with Crippen molar-refractivity contribution in [3.63, 3.8) is 0 Å². The molecule has 7 rings (SSSR count). The number of rotatable bonds is 11. The summed E-state index contributed by atoms with van der Waals surface area (Å²) in [4.78, 5) is 26.1. The second kappa shape index (κ2) is 12.6. The van der Waals surface area contributed by atoms with Crippen molar-refractivity contribution in [1.82, 2.24) is 10.6 Å². The number of benzene rings is 3. The molecule has 11 nitrogen and oxygen atoms in total. The highest BCUT2D eigenvalue weighted by Crippen LogP contribution is 2.57. The van der Waals surface area contributed by atoms with Gasteiger partial charge in [0.05, 0.1) is 17.3 Å². The monoisotopic (exact) mass is 699 g/mol. The number of anilines is 1. The molecular formula is C38H41N3O8S. The molecule has 3 aromatic rings. The first kappa shape index (κ1) is 33.8. The summed E-state index contributed by atoms with van der Waals surface area (Å²) in [6.45, 7) is 9.09. The number of allylic oxidation sites excluding steroid dienone is 2. The molecule has 3 aromatic carbocycles. The molecule has 1 amide bonds. The van der Waals surface area contributed by atoms with Crippen LogP contribution < -0.4 is 20.7 Å². The number of carbonyl (C=O) groups excluding carboxylic acids is 2. The van der Waals surface area contributed by atoms with Crippen LogP contribution in [0.25, 0.3) is 0 Å². The number of phenolic OH excluding ortho intramolecular Hbond substituents is 2. The predicted molar refractivity (Wildman–Crippen MR) is 190 cm³/mol. The van der Waals surface area contributed by atoms with Crippen molar-refractivity contribution in [2.75, 3.05) is 18.4 Å². The van der Waals surface area contributed by atoms with Gasteiger partial charge in [-0.25, -0.2) is 4.79 Å². The van der Waals surface area contributed by atoms with Crippen molar-refractivity contribution in [3.05, 3.63) is 88.5 Å². The van der Waals surface area contributed by atoms with E-state index in [1.165, 1.54) is 29.8 Å². The van der Waals surface area contributed by atoms with Crippen molar-refractivity contribution in [2.24, 2.45) is 0 Å². The van der Waals surface area contributed by atoms with Crippen LogP contribution in [0.1, 0.15) is 80.4 Å². The van der Waals surface area contributed by atoms with Gasteiger partial charge in [-0.3, -0.25) is 4.79 Å². The normalized spacial score (nSPS) is 23.1. The summed E-state index contributed by atoms with van der Waals surface area (Å²) < 4.78 is 23.6. The van der Waals surface area contributed by atoms with E-state index in [0.29, 0.717) is 63.7 Å². The number of hydrogen-bond donors (Lipinski definition) is 5. The Kier molecular flexibility index (Phi) is 8.52. The molecule has 5 N–H and O–H groups in total. The zero-order chi connectivity index (χ0) is 35.4. The Morgan fingerprint density at radius 1 is 0.920 bits per heavy atom. The fourth-order valence-corrected chi connectivity index (χ4v) is 7.19. The maximum Gasteiger partial charge on any atom is 0.340 e. The molecule has 4 aliphatic rings. The molecule has 1 spiro atoms. The molecule has 0 aromatic heterocycles. The molecule has 3 atom stereocenters. The highest BCUT2D eigenvalue weighted by Gasteiger charge is 2.56. The lowest BCUT2D eigenvalue weighted by atomic mass is 9.77. The van der Waals surface area contributed by atoms with Crippen molar-refractivity contribution >= 4 is 34.9 Å². The Balaban J connectivity index is 0.910. The summed E-state index contributed by atoms with van der Waals surface area (Å²) in [5.74, 6) is -0.0965. The van der Waals surface area contributed by atoms with Crippen LogP contribution in [0.2, 0.25) is 0 Å². The Morgan fingerprint density at radius 3 is 2.22 bits per heavy atom. The number of epoxide rings is 2. The average Bonchev–Trinajstić information content (AvgIpc) is 3.89. The largest absolute Gasteiger partial charge is 0.508 e. The lowest BCUT2D eigenvalue weighted by molar-refractivity contribution is -0.122. The first-order valence-electron chi connectivity index (χ1n) is 16.9. The number of ether oxygens (including phenoxy) is 4. The van der Waals surface area contributed by atoms with Crippen LogP contribution in [0.15, 0.2) is 66.2 Å². The zero-order valence-corrected chi connectivity index (χ0v) is 29.2. The third-order valence-electron chi connectivity index (χ3n) is 9.96. The number of phenols is 2. The van der Waals surface area contributed by atoms with Crippen LogP contribution in [-0.2, 0) is 24.6 Å². The van der Waals surface area contributed by atoms with Gasteiger partial charge >= 0.3 is 5.97 Å². The van der Waals surface area contributed by atoms with Gasteiger partial charge in [0.1, 0.15) is 28.6 Å². The van der Waals surface area contributed by atoms with Gasteiger partial charge in [0.2, 0.25) is 0 Å². The van der Waals surface area contributed by atoms with Crippen LogP contribution in [0, 0.1) is 0 Å². The highest BCUT2D eigenvalue weighted by molar-refractivity contribution is 7.80. The zero-order valence-electron chi connectivity index (χ0n) is 28.4. The summed E-state index contributed by atoms with van der Waals surface area (Å²) in [6.07, 6.45) is 5.79. The Bertz CT molecular complexity index is 1870. The summed E-state index contributed by atoms with van der Waals surface area (Å²) in [7, 11) is 0. The van der Waals surface area contributed by atoms with Crippen LogP contribution in [-0.4, -0.2) is 63.7 Å². The SMILES string of the molecule is C/C(=C\CC[C@]1(C)O[C@H]1C(=O)NCCNC(=S)Nc1ccc2c(c1)C(=O)OC21c2ccc(O)cc2Oc2cc(O)ccc21)CC[C@H]1OC1(C)C. The van der Waals surface area contributed by atoms with Crippen LogP contribution in [0.5, 0.6) is 23.0 Å². The smallest absolute Gasteiger partial charge is 0.340 e. The Hall–Kier alpha value is -4.65. The molecule has 0 saturated carbocycles. The van der Waals surface area contributed by atoms with Crippen molar-refractivity contribution in [1.29, 1.82) is 0 Å². The standard InChI is InChI=1S/C38H41N3O8S/c1-21(7-14-31-36(2,3)47-31)6-5-15-37(4)32(48-37)33(44)39-16-17-40-35(50)41-22-8-11-26-25(18-22)34(45)49-38(26)27-12-9-23(42)19-29(27)46-30-20-24(43)10-13-28(30)38/h6,8-13,18-20,31-32,42-43H,5,7,14-17H2,1-4H3,(H,39,44)(H2,40,41,50)/b21-6+/t31-,32+,37+/m1/s1. The minimum atomic E-state index is -1.34. The molecule has 2 saturated heterocycles. The molecule has 0 radical (unpaired) electrons. The van der Waals surface area contributed by atoms with E-state index in [0.717, 1.165) is 25.7 Å². The Morgan fingerprint density at radius 2 is 1.56 bits per heavy atom. The van der Waals surface area contributed by atoms with E-state index in [1.807, 2.05) is 6.92 Å². The fourth-order valence-electron chi connectivity index (χ4n) is 6.97. The van der Waals surface area contributed by atoms with Crippen molar-refractivity contribution in [2.45, 2.75) is 82.4 Å². The number of amides is 1. The molecule has 0 bridgehead atoms. The highest BCUT2D eigenvalue weighted by atomic mass is 32.1. The van der Waals surface area contributed by atoms with Crippen molar-refractivity contribution < 1.29 is 38.7 Å². The summed E-state index contributed by atoms with van der Waals surface area (Å²) >= 11 is 5.48. The summed E-state index contributed by atoms with van der Waals surface area (Å²) in [6, 6.07) is 14.5. The van der Waals surface area contributed by atoms with Gasteiger partial charge in [-0.1, -0.05) is 17.7 Å². The predicted octanol–water partition coefficient (Wildman–Crippen LogP) is 5.91. The molecule has 12 heteroatoms. The van der Waals surface area contributed by atoms with Gasteiger partial charge in [-0.05, 0) is 102 Å². The second-order valence-corrected chi connectivity index (χ2v) is 14.5. The number of thiocarbonyl (C=S) groups is 1. The number of esters is 1. The van der Waals surface area contributed by atoms with Gasteiger partial charge in [-0.15, -0.1) is 0 Å². The second-order valence-electron chi connectivity index (χ2n) is 14.1. The summed E-state index contributed by atoms with van der Waals surface area (Å²) in [5.41, 5.74) is 2.13. The first-order valence-corrected chi connectivity index (χ1v) is 17.3. The molecule has 4 aliphatic heterocycles. The van der Waals surface area contributed by atoms with E-state index in [2.05, 4.69) is 42.8 Å². The van der Waals surface area contributed by atoms with E-state index in [4.69, 9.17) is 31.2 Å². The van der Waals surface area contributed by atoms with Crippen molar-refractivity contribution in [3.8, 4) is 23.0 Å². The van der Waals surface area contributed by atoms with Crippen LogP contribution in [0.3, 0.4) is 0 Å². The number of hydrogen-bond acceptors (Lipinski definition) is 9. The van der Waals surface area contributed by atoms with Gasteiger partial charge in [0.25, 0.3) is 5.91 Å². The summed E-state index contributed by atoms with van der Waals surface area (Å²) in [5, 5.41) is 29.7. The maximum atomic E-state index is 13.4. The minimum absolute atomic E-state index is 0.0136. The molecule has 0 unspecified atom stereocenters. The van der Waals surface area contributed by atoms with E-state index in [9.17, 15) is 19.8 Å². The van der Waals surface area contributed by atoms with E-state index >= 15 is 0 Å². The van der Waals surface area contributed by atoms with Gasteiger partial charge in [0.15, 0.2) is 16.8 Å². The number of aromatic hydroxyl groups is 2. The quantitative estimate of drug-likeness (QED) is 0.0534. The lowest BCUT2D eigenvalue weighted by Gasteiger charge is -2.36. The number of nitrogens with one attached hydrogen (secondary N) is 3. The third-order valence-corrected chi connectivity index (χ3v) is 10.2. The number of fused-ring (bicyclic) bond motifs is 6. The molecule has 2 fully saturated rings. The van der Waals surface area contributed by atoms with Crippen LogP contribution >= 0.6 is 12.2 Å². The topological polar surface area (TPSA) is 154 Å². The third kappa shape index (κ3) is 6.38. The van der Waals surface area contributed by atoms with E-state index < -0.39 is 23.3 Å². The molecule has 4 heterocycles. The molecular weight excluding hydrogens is 658 g/mol. The van der Waals surface area contributed by atoms with Crippen LogP contribution in [0.4, 0.5) is 5.69 Å². The molecule has 50 heavy (non-hydrogen) atoms. The Labute approximate surface area is 296 Å². The molecule has 262 valence electrons. The minimum Gasteiger partial charge on any atom is -0.508 e. The van der Waals surface area contributed by atoms with E-state index in [-0.39, 0.29) is 23.0 Å². The number of carbonyl (C=O) groups is 2. The van der Waals surface area contributed by atoms with E-state index in [1.54, 1.807) is 30.3 Å².